The van der Waals surface area contributed by atoms with E-state index in [1.54, 1.807) is 0 Å². The highest BCUT2D eigenvalue weighted by atomic mass is 16.5. The zero-order valence-electron chi connectivity index (χ0n) is 16.1. The number of benzene rings is 2. The van der Waals surface area contributed by atoms with Crippen molar-refractivity contribution in [3.63, 3.8) is 0 Å². The van der Waals surface area contributed by atoms with Gasteiger partial charge in [-0.3, -0.25) is 4.90 Å². The summed E-state index contributed by atoms with van der Waals surface area (Å²) >= 11 is 0. The van der Waals surface area contributed by atoms with Gasteiger partial charge in [0.2, 0.25) is 0 Å². The second-order valence-corrected chi connectivity index (χ2v) is 7.10. The maximum Gasteiger partial charge on any atom is 0.119 e. The van der Waals surface area contributed by atoms with E-state index in [-0.39, 0.29) is 0 Å². The predicted octanol–water partition coefficient (Wildman–Crippen LogP) is 4.97. The van der Waals surface area contributed by atoms with Crippen molar-refractivity contribution in [2.45, 2.75) is 39.2 Å². The Morgan fingerprint density at radius 3 is 2.23 bits per heavy atom. The molecule has 2 aromatic carbocycles. The molecule has 1 fully saturated rings. The maximum atomic E-state index is 5.97. The highest BCUT2D eigenvalue weighted by Gasteiger charge is 2.09. The first-order chi connectivity index (χ1) is 12.8. The summed E-state index contributed by atoms with van der Waals surface area (Å²) in [6.45, 7) is 8.41. The van der Waals surface area contributed by atoms with Crippen molar-refractivity contribution in [1.29, 1.82) is 0 Å². The molecule has 0 spiro atoms. The number of hydrogen-bond donors (Lipinski definition) is 0. The first-order valence-corrected chi connectivity index (χ1v) is 10.1. The Bertz CT molecular complexity index is 618. The molecule has 0 amide bonds. The van der Waals surface area contributed by atoms with Crippen molar-refractivity contribution in [3.8, 4) is 5.75 Å². The molecule has 0 aromatic heterocycles. The van der Waals surface area contributed by atoms with E-state index < -0.39 is 0 Å². The fraction of sp³-hybridized carbons (Fsp3) is 0.478. The number of nitrogens with zero attached hydrogens (tertiary/aromatic N) is 2. The van der Waals surface area contributed by atoms with Crippen LogP contribution in [0.4, 0.5) is 5.69 Å². The fourth-order valence-electron chi connectivity index (χ4n) is 3.59. The number of likely N-dealkylation sites (tertiary alicyclic amines) is 1. The molecule has 0 saturated carbocycles. The molecule has 0 bridgehead atoms. The van der Waals surface area contributed by atoms with Gasteiger partial charge in [-0.2, -0.15) is 0 Å². The predicted molar refractivity (Wildman–Crippen MR) is 110 cm³/mol. The number of para-hydroxylation sites is 1. The van der Waals surface area contributed by atoms with Crippen LogP contribution in [0.1, 0.15) is 38.2 Å². The third-order valence-electron chi connectivity index (χ3n) is 5.17. The molecular weight excluding hydrogens is 320 g/mol. The van der Waals surface area contributed by atoms with Crippen molar-refractivity contribution < 1.29 is 4.74 Å². The second kappa shape index (κ2) is 10.2. The van der Waals surface area contributed by atoms with E-state index in [2.05, 4.69) is 71.3 Å². The van der Waals surface area contributed by atoms with Gasteiger partial charge in [0.05, 0.1) is 0 Å². The Balaban J connectivity index is 1.47. The monoisotopic (exact) mass is 352 g/mol. The Kier molecular flexibility index (Phi) is 7.38. The van der Waals surface area contributed by atoms with E-state index in [1.807, 2.05) is 0 Å². The van der Waals surface area contributed by atoms with Gasteiger partial charge in [-0.25, -0.2) is 0 Å². The van der Waals surface area contributed by atoms with Crippen LogP contribution in [0, 0.1) is 0 Å². The molecule has 3 nitrogen and oxygen atoms in total. The molecule has 0 atom stereocenters. The zero-order chi connectivity index (χ0) is 18.0. The second-order valence-electron chi connectivity index (χ2n) is 7.10. The van der Waals surface area contributed by atoms with Crippen LogP contribution in [0.5, 0.6) is 5.75 Å². The van der Waals surface area contributed by atoms with Gasteiger partial charge in [-0.15, -0.1) is 0 Å². The number of hydrogen-bond acceptors (Lipinski definition) is 3. The molecule has 1 aliphatic heterocycles. The van der Waals surface area contributed by atoms with Crippen molar-refractivity contribution in [2.75, 3.05) is 37.7 Å². The SMILES string of the molecule is CCN(Cc1ccc(OCCN2CCCCCC2)cc1)c1ccccc1. The van der Waals surface area contributed by atoms with Gasteiger partial charge < -0.3 is 9.64 Å². The van der Waals surface area contributed by atoms with Crippen LogP contribution in [-0.2, 0) is 6.54 Å². The Hall–Kier alpha value is -2.00. The van der Waals surface area contributed by atoms with Crippen molar-refractivity contribution in [1.82, 2.24) is 4.90 Å². The fourth-order valence-corrected chi connectivity index (χ4v) is 3.59. The van der Waals surface area contributed by atoms with Crippen molar-refractivity contribution in [2.24, 2.45) is 0 Å². The molecule has 140 valence electrons. The highest BCUT2D eigenvalue weighted by Crippen LogP contribution is 2.19. The molecule has 2 aromatic rings. The van der Waals surface area contributed by atoms with Crippen molar-refractivity contribution >= 4 is 5.69 Å². The molecule has 0 aliphatic carbocycles. The van der Waals surface area contributed by atoms with Crippen LogP contribution >= 0.6 is 0 Å². The van der Waals surface area contributed by atoms with Crippen LogP contribution < -0.4 is 9.64 Å². The lowest BCUT2D eigenvalue weighted by molar-refractivity contribution is 0.214. The first-order valence-electron chi connectivity index (χ1n) is 10.1. The number of ether oxygens (including phenoxy) is 1. The Morgan fingerprint density at radius 1 is 0.885 bits per heavy atom. The van der Waals surface area contributed by atoms with E-state index in [0.29, 0.717) is 0 Å². The summed E-state index contributed by atoms with van der Waals surface area (Å²) in [5.74, 6) is 0.978. The Morgan fingerprint density at radius 2 is 1.58 bits per heavy atom. The number of rotatable bonds is 8. The first kappa shape index (κ1) is 18.8. The molecule has 1 heterocycles. The molecule has 0 unspecified atom stereocenters. The van der Waals surface area contributed by atoms with Gasteiger partial charge >= 0.3 is 0 Å². The lowest BCUT2D eigenvalue weighted by Gasteiger charge is -2.23. The Labute approximate surface area is 158 Å². The molecule has 0 N–H and O–H groups in total. The summed E-state index contributed by atoms with van der Waals surface area (Å²) in [5.41, 5.74) is 2.59. The maximum absolute atomic E-state index is 5.97. The topological polar surface area (TPSA) is 15.7 Å². The normalized spacial score (nSPS) is 15.4. The molecule has 26 heavy (non-hydrogen) atoms. The van der Waals surface area contributed by atoms with Crippen LogP contribution in [0.25, 0.3) is 0 Å². The van der Waals surface area contributed by atoms with Gasteiger partial charge in [0, 0.05) is 25.3 Å². The molecule has 3 rings (SSSR count). The average Bonchev–Trinajstić information content (AvgIpc) is 2.97. The van der Waals surface area contributed by atoms with Gasteiger partial charge in [-0.05, 0) is 62.7 Å². The van der Waals surface area contributed by atoms with Gasteiger partial charge in [0.1, 0.15) is 12.4 Å². The van der Waals surface area contributed by atoms with Crippen LogP contribution in [-0.4, -0.2) is 37.7 Å². The minimum absolute atomic E-state index is 0.782. The number of anilines is 1. The lowest BCUT2D eigenvalue weighted by Crippen LogP contribution is -2.29. The summed E-state index contributed by atoms with van der Waals surface area (Å²) in [5, 5.41) is 0. The third kappa shape index (κ3) is 5.77. The van der Waals surface area contributed by atoms with Gasteiger partial charge in [0.25, 0.3) is 0 Å². The average molecular weight is 353 g/mol. The highest BCUT2D eigenvalue weighted by molar-refractivity contribution is 5.46. The molecule has 3 heteroatoms. The molecule has 0 radical (unpaired) electrons. The van der Waals surface area contributed by atoms with Gasteiger partial charge in [-0.1, -0.05) is 43.2 Å². The standard InChI is InChI=1S/C23H32N2O/c1-2-25(22-10-6-5-7-11-22)20-21-12-14-23(15-13-21)26-19-18-24-16-8-3-4-9-17-24/h5-7,10-15H,2-4,8-9,16-20H2,1H3. The lowest BCUT2D eigenvalue weighted by atomic mass is 10.2. The van der Waals surface area contributed by atoms with Crippen LogP contribution in [0.15, 0.2) is 54.6 Å². The van der Waals surface area contributed by atoms with E-state index in [0.717, 1.165) is 32.0 Å². The van der Waals surface area contributed by atoms with E-state index in [4.69, 9.17) is 4.74 Å². The largest absolute Gasteiger partial charge is 0.492 e. The minimum atomic E-state index is 0.782. The summed E-state index contributed by atoms with van der Waals surface area (Å²) in [4.78, 5) is 4.93. The van der Waals surface area contributed by atoms with Gasteiger partial charge in [0.15, 0.2) is 0 Å². The molecule has 1 aliphatic rings. The summed E-state index contributed by atoms with van der Waals surface area (Å²) < 4.78 is 5.97. The van der Waals surface area contributed by atoms with E-state index in [1.165, 1.54) is 50.0 Å². The summed E-state index contributed by atoms with van der Waals surface area (Å²) in [6, 6.07) is 19.2. The zero-order valence-corrected chi connectivity index (χ0v) is 16.1. The summed E-state index contributed by atoms with van der Waals surface area (Å²) in [6.07, 6.45) is 5.45. The van der Waals surface area contributed by atoms with Crippen molar-refractivity contribution in [3.05, 3.63) is 60.2 Å². The van der Waals surface area contributed by atoms with Crippen LogP contribution in [0.2, 0.25) is 0 Å². The quantitative estimate of drug-likeness (QED) is 0.667. The minimum Gasteiger partial charge on any atom is -0.492 e. The molecule has 1 saturated heterocycles. The van der Waals surface area contributed by atoms with E-state index in [9.17, 15) is 0 Å². The summed E-state index contributed by atoms with van der Waals surface area (Å²) in [7, 11) is 0. The van der Waals surface area contributed by atoms with E-state index >= 15 is 0 Å². The smallest absolute Gasteiger partial charge is 0.119 e. The third-order valence-corrected chi connectivity index (χ3v) is 5.17. The van der Waals surface area contributed by atoms with Crippen LogP contribution in [0.3, 0.4) is 0 Å². The molecular formula is C23H32N2O.